The predicted octanol–water partition coefficient (Wildman–Crippen LogP) is 13.7. The Bertz CT molecular complexity index is 3220. The van der Waals surface area contributed by atoms with E-state index in [4.69, 9.17) is 21.5 Å². The van der Waals surface area contributed by atoms with Crippen LogP contribution in [0.15, 0.2) is 188 Å². The van der Waals surface area contributed by atoms with E-state index in [2.05, 4.69) is 107 Å². The molecule has 0 spiro atoms. The molecule has 0 amide bonds. The fourth-order valence-corrected chi connectivity index (χ4v) is 8.10. The highest BCUT2D eigenvalue weighted by Gasteiger charge is 2.24. The molecule has 8 aromatic carbocycles. The van der Waals surface area contributed by atoms with E-state index in [-0.39, 0.29) is 0 Å². The Morgan fingerprint density at radius 1 is 0.467 bits per heavy atom. The van der Waals surface area contributed by atoms with Crippen molar-refractivity contribution in [3.05, 3.63) is 211 Å². The largest absolute Gasteiger partial charge is 0.308 e. The third kappa shape index (κ3) is 6.55. The number of fused-ring (bicyclic) bond motifs is 3. The molecule has 60 heavy (non-hydrogen) atoms. The maximum absolute atomic E-state index is 10.2. The van der Waals surface area contributed by atoms with Crippen molar-refractivity contribution in [1.82, 2.24) is 19.5 Å². The monoisotopic (exact) mass is 766 g/mol. The number of benzene rings is 8. The summed E-state index contributed by atoms with van der Waals surface area (Å²) in [4.78, 5) is 19.1. The Morgan fingerprint density at radius 2 is 1.02 bits per heavy atom. The first kappa shape index (κ1) is 35.9. The summed E-state index contributed by atoms with van der Waals surface area (Å²) in [7, 11) is 0. The molecule has 0 bridgehead atoms. The van der Waals surface area contributed by atoms with Gasteiger partial charge in [-0.1, -0.05) is 145 Å². The quantitative estimate of drug-likeness (QED) is 0.151. The molecule has 280 valence electrons. The molecule has 6 heteroatoms. The van der Waals surface area contributed by atoms with E-state index in [1.807, 2.05) is 103 Å². The van der Waals surface area contributed by atoms with Crippen molar-refractivity contribution in [3.63, 3.8) is 0 Å². The minimum absolute atomic E-state index is 0.500. The molecule has 0 unspecified atom stereocenters. The van der Waals surface area contributed by atoms with E-state index in [1.54, 1.807) is 0 Å². The Kier molecular flexibility index (Phi) is 9.06. The van der Waals surface area contributed by atoms with Crippen molar-refractivity contribution >= 4 is 27.5 Å². The summed E-state index contributed by atoms with van der Waals surface area (Å²) in [5, 5.41) is 12.4. The van der Waals surface area contributed by atoms with Gasteiger partial charge < -0.3 is 4.57 Å². The lowest BCUT2D eigenvalue weighted by Crippen LogP contribution is -2.04. The second-order valence-corrected chi connectivity index (χ2v) is 14.8. The van der Waals surface area contributed by atoms with Crippen LogP contribution in [0, 0.1) is 24.8 Å². The molecule has 2 heterocycles. The molecule has 6 nitrogen and oxygen atoms in total. The highest BCUT2D eigenvalue weighted by molar-refractivity contribution is 6.12. The van der Waals surface area contributed by atoms with Crippen molar-refractivity contribution in [2.75, 3.05) is 0 Å². The number of nitriles is 1. The van der Waals surface area contributed by atoms with Crippen LogP contribution < -0.4 is 0 Å². The smallest absolute Gasteiger partial charge is 0.187 e. The SMILES string of the molecule is [C-]#[N+]c1cccc(-c2cc(-c3nc(-c4ccccc4)nc(-c4ccccc4)n3)cc(-c3cccc(C#N)c3)c2-n2c3ccccc3c3cc(-c4cccc(C)c4)ccc32)c1. The summed E-state index contributed by atoms with van der Waals surface area (Å²) in [5.41, 5.74) is 13.5. The molecule has 10 rings (SSSR count). The van der Waals surface area contributed by atoms with Crippen molar-refractivity contribution in [2.24, 2.45) is 0 Å². The third-order valence-corrected chi connectivity index (χ3v) is 10.9. The molecule has 0 saturated carbocycles. The molecule has 0 aliphatic rings. The first-order chi connectivity index (χ1) is 29.5. The molecule has 10 aromatic rings. The van der Waals surface area contributed by atoms with Gasteiger partial charge >= 0.3 is 0 Å². The van der Waals surface area contributed by atoms with Gasteiger partial charge in [-0.25, -0.2) is 19.8 Å². The summed E-state index contributed by atoms with van der Waals surface area (Å²) in [5.74, 6) is 1.61. The van der Waals surface area contributed by atoms with Crippen LogP contribution in [0.2, 0.25) is 0 Å². The van der Waals surface area contributed by atoms with Gasteiger partial charge in [-0.15, -0.1) is 0 Å². The molecule has 2 aromatic heterocycles. The van der Waals surface area contributed by atoms with Crippen LogP contribution in [0.4, 0.5) is 5.69 Å². The minimum Gasteiger partial charge on any atom is -0.308 e. The van der Waals surface area contributed by atoms with E-state index in [1.165, 1.54) is 5.56 Å². The lowest BCUT2D eigenvalue weighted by Gasteiger charge is -2.21. The average molecular weight is 767 g/mol. The zero-order chi connectivity index (χ0) is 40.6. The maximum Gasteiger partial charge on any atom is 0.187 e. The van der Waals surface area contributed by atoms with Crippen LogP contribution in [-0.4, -0.2) is 19.5 Å². The standard InChI is InChI=1S/C54H34N6/c1-35-14-11-20-39(28-35)40-26-27-50-48(31-40)45-24-9-10-25-49(45)60(50)51-46(41-21-12-15-36(29-41)34-55)32-43(33-47(51)42-22-13-23-44(30-42)56-2)54-58-52(37-16-5-3-6-17-37)57-53(59-54)38-18-7-4-8-19-38/h3-33H,1H3. The Morgan fingerprint density at radius 3 is 1.68 bits per heavy atom. The van der Waals surface area contributed by atoms with Crippen LogP contribution in [0.5, 0.6) is 0 Å². The summed E-state index contributed by atoms with van der Waals surface area (Å²) in [6.07, 6.45) is 0. The highest BCUT2D eigenvalue weighted by atomic mass is 15.0. The zero-order valence-corrected chi connectivity index (χ0v) is 32.6. The van der Waals surface area contributed by atoms with Crippen molar-refractivity contribution in [3.8, 4) is 79.3 Å². The van der Waals surface area contributed by atoms with Gasteiger partial charge in [-0.05, 0) is 77.7 Å². The fourth-order valence-electron chi connectivity index (χ4n) is 8.10. The Labute approximate surface area is 347 Å². The van der Waals surface area contributed by atoms with Crippen LogP contribution >= 0.6 is 0 Å². The number of hydrogen-bond donors (Lipinski definition) is 0. The number of aryl methyl sites for hydroxylation is 1. The first-order valence-electron chi connectivity index (χ1n) is 19.7. The lowest BCUT2D eigenvalue weighted by atomic mass is 9.91. The summed E-state index contributed by atoms with van der Waals surface area (Å²) in [6, 6.07) is 65.8. The number of hydrogen-bond acceptors (Lipinski definition) is 4. The van der Waals surface area contributed by atoms with E-state index in [0.717, 1.165) is 77.6 Å². The molecule has 0 N–H and O–H groups in total. The van der Waals surface area contributed by atoms with Gasteiger partial charge in [0, 0.05) is 38.6 Å². The maximum atomic E-state index is 10.2. The van der Waals surface area contributed by atoms with E-state index in [0.29, 0.717) is 28.7 Å². The van der Waals surface area contributed by atoms with Gasteiger partial charge in [0.25, 0.3) is 0 Å². The van der Waals surface area contributed by atoms with E-state index in [9.17, 15) is 5.26 Å². The van der Waals surface area contributed by atoms with Gasteiger partial charge in [-0.3, -0.25) is 0 Å². The predicted molar refractivity (Wildman–Crippen MR) is 242 cm³/mol. The number of para-hydroxylation sites is 1. The van der Waals surface area contributed by atoms with Gasteiger partial charge in [0.2, 0.25) is 0 Å². The van der Waals surface area contributed by atoms with E-state index >= 15 is 0 Å². The lowest BCUT2D eigenvalue weighted by molar-refractivity contribution is 1.07. The fraction of sp³-hybridized carbons (Fsp3) is 0.0185. The molecule has 0 radical (unpaired) electrons. The van der Waals surface area contributed by atoms with Crippen molar-refractivity contribution < 1.29 is 0 Å². The summed E-state index contributed by atoms with van der Waals surface area (Å²) < 4.78 is 2.33. The van der Waals surface area contributed by atoms with Crippen molar-refractivity contribution in [1.29, 1.82) is 5.26 Å². The van der Waals surface area contributed by atoms with Gasteiger partial charge in [-0.2, -0.15) is 5.26 Å². The Balaban J connectivity index is 1.33. The van der Waals surface area contributed by atoms with Crippen LogP contribution in [0.25, 0.3) is 99.9 Å². The first-order valence-corrected chi connectivity index (χ1v) is 19.7. The molecule has 0 aliphatic heterocycles. The number of aromatic nitrogens is 4. The van der Waals surface area contributed by atoms with Gasteiger partial charge in [0.05, 0.1) is 34.9 Å². The number of rotatable bonds is 7. The second-order valence-electron chi connectivity index (χ2n) is 14.8. The normalized spacial score (nSPS) is 11.1. The summed E-state index contributed by atoms with van der Waals surface area (Å²) in [6.45, 7) is 10.1. The second kappa shape index (κ2) is 15.1. The third-order valence-electron chi connectivity index (χ3n) is 10.9. The van der Waals surface area contributed by atoms with Crippen molar-refractivity contribution in [2.45, 2.75) is 6.92 Å². The number of nitrogens with zero attached hydrogens (tertiary/aromatic N) is 6. The molecule has 0 atom stereocenters. The van der Waals surface area contributed by atoms with Crippen LogP contribution in [0.1, 0.15) is 11.1 Å². The molecular weight excluding hydrogens is 733 g/mol. The minimum atomic E-state index is 0.500. The van der Waals surface area contributed by atoms with Crippen LogP contribution in [-0.2, 0) is 0 Å². The van der Waals surface area contributed by atoms with E-state index < -0.39 is 0 Å². The molecule has 0 aliphatic carbocycles. The zero-order valence-electron chi connectivity index (χ0n) is 32.6. The molecular formula is C54H34N6. The van der Waals surface area contributed by atoms with Gasteiger partial charge in [0.1, 0.15) is 0 Å². The molecule has 0 fully saturated rings. The van der Waals surface area contributed by atoms with Gasteiger partial charge in [0.15, 0.2) is 23.2 Å². The Hall–Kier alpha value is -8.45. The summed E-state index contributed by atoms with van der Waals surface area (Å²) >= 11 is 0. The topological polar surface area (TPSA) is 71.8 Å². The molecule has 0 saturated heterocycles. The average Bonchev–Trinajstić information content (AvgIpc) is 3.65. The highest BCUT2D eigenvalue weighted by Crippen LogP contribution is 2.45. The van der Waals surface area contributed by atoms with Crippen LogP contribution in [0.3, 0.4) is 0 Å².